The molecular weight excluding hydrogens is 467 g/mol. The molecular formula is C19H27IN8. The Hall–Kier alpha value is -2.17. The fraction of sp³-hybridized carbons (Fsp3) is 0.474. The second kappa shape index (κ2) is 9.85. The third kappa shape index (κ3) is 5.00. The number of halogens is 1. The van der Waals surface area contributed by atoms with Gasteiger partial charge in [-0.25, -0.2) is 19.9 Å². The zero-order valence-electron chi connectivity index (χ0n) is 15.9. The number of hydrogen-bond acceptors (Lipinski definition) is 6. The van der Waals surface area contributed by atoms with Crippen LogP contribution in [-0.4, -0.2) is 65.1 Å². The number of aromatic nitrogens is 3. The van der Waals surface area contributed by atoms with Gasteiger partial charge in [0.1, 0.15) is 5.82 Å². The van der Waals surface area contributed by atoms with Crippen molar-refractivity contribution in [3.05, 3.63) is 42.4 Å². The number of anilines is 2. The van der Waals surface area contributed by atoms with Crippen LogP contribution in [0.5, 0.6) is 0 Å². The van der Waals surface area contributed by atoms with Crippen molar-refractivity contribution < 1.29 is 0 Å². The molecule has 0 aliphatic carbocycles. The van der Waals surface area contributed by atoms with Gasteiger partial charge < -0.3 is 20.4 Å². The van der Waals surface area contributed by atoms with E-state index in [0.29, 0.717) is 12.5 Å². The lowest BCUT2D eigenvalue weighted by molar-refractivity contribution is 0.378. The Kier molecular flexibility index (Phi) is 7.24. The van der Waals surface area contributed by atoms with Crippen LogP contribution in [0.1, 0.15) is 18.4 Å². The molecule has 0 aromatic carbocycles. The van der Waals surface area contributed by atoms with Gasteiger partial charge in [-0.05, 0) is 30.5 Å². The van der Waals surface area contributed by atoms with Crippen molar-refractivity contribution in [2.24, 2.45) is 10.7 Å². The normalized spacial score (nSPS) is 17.6. The zero-order valence-corrected chi connectivity index (χ0v) is 18.3. The van der Waals surface area contributed by atoms with Crippen LogP contribution in [0.4, 0.5) is 11.8 Å². The van der Waals surface area contributed by atoms with E-state index in [1.165, 1.54) is 12.8 Å². The van der Waals surface area contributed by atoms with Gasteiger partial charge in [0.05, 0.1) is 6.54 Å². The summed E-state index contributed by atoms with van der Waals surface area (Å²) in [6.45, 7) is 6.09. The molecule has 9 heteroatoms. The standard InChI is InChI=1S/C19H26N8.HI/c20-18(26-10-12-27(13-11-26)19-21-6-3-7-22-19)24-15-16-4-5-17(23-14-16)25-8-1-2-9-25;/h3-7,14H,1-2,8-13,15H2,(H2,20,24);1H. The van der Waals surface area contributed by atoms with Gasteiger partial charge in [0, 0.05) is 57.9 Å². The predicted octanol–water partition coefficient (Wildman–Crippen LogP) is 1.73. The Balaban J connectivity index is 0.00000225. The molecule has 2 aromatic rings. The molecule has 0 saturated carbocycles. The summed E-state index contributed by atoms with van der Waals surface area (Å²) in [6.07, 6.45) is 7.97. The minimum atomic E-state index is 0. The van der Waals surface area contributed by atoms with E-state index in [0.717, 1.165) is 56.6 Å². The van der Waals surface area contributed by atoms with Crippen molar-refractivity contribution in [2.75, 3.05) is 49.1 Å². The van der Waals surface area contributed by atoms with Crippen molar-refractivity contribution in [1.29, 1.82) is 0 Å². The highest BCUT2D eigenvalue weighted by molar-refractivity contribution is 14.0. The number of pyridine rings is 1. The molecule has 2 aliphatic heterocycles. The summed E-state index contributed by atoms with van der Waals surface area (Å²) >= 11 is 0. The van der Waals surface area contributed by atoms with E-state index in [-0.39, 0.29) is 24.0 Å². The molecule has 8 nitrogen and oxygen atoms in total. The van der Waals surface area contributed by atoms with Crippen LogP contribution >= 0.6 is 24.0 Å². The molecule has 4 rings (SSSR count). The van der Waals surface area contributed by atoms with Gasteiger partial charge in [-0.15, -0.1) is 24.0 Å². The highest BCUT2D eigenvalue weighted by Gasteiger charge is 2.20. The van der Waals surface area contributed by atoms with E-state index in [9.17, 15) is 0 Å². The molecule has 0 amide bonds. The van der Waals surface area contributed by atoms with Gasteiger partial charge in [0.25, 0.3) is 0 Å². The first kappa shape index (κ1) is 20.6. The number of aliphatic imine (C=N–C) groups is 1. The van der Waals surface area contributed by atoms with E-state index < -0.39 is 0 Å². The first-order valence-corrected chi connectivity index (χ1v) is 9.56. The van der Waals surface area contributed by atoms with E-state index >= 15 is 0 Å². The van der Waals surface area contributed by atoms with Gasteiger partial charge in [-0.2, -0.15) is 0 Å². The lowest BCUT2D eigenvalue weighted by Crippen LogP contribution is -2.51. The van der Waals surface area contributed by atoms with Crippen molar-refractivity contribution >= 4 is 41.7 Å². The average molecular weight is 494 g/mol. The molecule has 0 spiro atoms. The summed E-state index contributed by atoms with van der Waals surface area (Å²) in [5, 5.41) is 0. The number of piperazine rings is 1. The molecule has 2 aromatic heterocycles. The van der Waals surface area contributed by atoms with Crippen LogP contribution in [0, 0.1) is 0 Å². The Morgan fingerprint density at radius 3 is 2.29 bits per heavy atom. The lowest BCUT2D eigenvalue weighted by atomic mass is 10.3. The van der Waals surface area contributed by atoms with Crippen LogP contribution in [0.2, 0.25) is 0 Å². The molecule has 150 valence electrons. The summed E-state index contributed by atoms with van der Waals surface area (Å²) in [6, 6.07) is 6.02. The van der Waals surface area contributed by atoms with Gasteiger partial charge in [0.15, 0.2) is 5.96 Å². The first-order valence-electron chi connectivity index (χ1n) is 9.56. The first-order chi connectivity index (χ1) is 13.3. The highest BCUT2D eigenvalue weighted by Crippen LogP contribution is 2.18. The van der Waals surface area contributed by atoms with E-state index in [2.05, 4.69) is 46.8 Å². The van der Waals surface area contributed by atoms with Gasteiger partial charge in [-0.3, -0.25) is 0 Å². The summed E-state index contributed by atoms with van der Waals surface area (Å²) in [4.78, 5) is 24.4. The summed E-state index contributed by atoms with van der Waals surface area (Å²) in [5.74, 6) is 2.43. The lowest BCUT2D eigenvalue weighted by Gasteiger charge is -2.35. The smallest absolute Gasteiger partial charge is 0.225 e. The number of guanidine groups is 1. The van der Waals surface area contributed by atoms with Crippen LogP contribution in [0.25, 0.3) is 0 Å². The van der Waals surface area contributed by atoms with Crippen LogP contribution in [0.3, 0.4) is 0 Å². The Morgan fingerprint density at radius 2 is 1.64 bits per heavy atom. The van der Waals surface area contributed by atoms with E-state index in [1.807, 2.05) is 12.3 Å². The van der Waals surface area contributed by atoms with Crippen molar-refractivity contribution in [3.63, 3.8) is 0 Å². The Morgan fingerprint density at radius 1 is 0.929 bits per heavy atom. The number of nitrogens with two attached hydrogens (primary N) is 1. The molecule has 0 bridgehead atoms. The van der Waals surface area contributed by atoms with Crippen LogP contribution in [-0.2, 0) is 6.54 Å². The molecule has 28 heavy (non-hydrogen) atoms. The van der Waals surface area contributed by atoms with Crippen molar-refractivity contribution in [3.8, 4) is 0 Å². The molecule has 2 N–H and O–H groups in total. The van der Waals surface area contributed by atoms with Gasteiger partial charge >= 0.3 is 0 Å². The zero-order chi connectivity index (χ0) is 18.5. The summed E-state index contributed by atoms with van der Waals surface area (Å²) in [7, 11) is 0. The molecule has 0 unspecified atom stereocenters. The van der Waals surface area contributed by atoms with Gasteiger partial charge in [0.2, 0.25) is 5.95 Å². The van der Waals surface area contributed by atoms with Gasteiger partial charge in [-0.1, -0.05) is 6.07 Å². The third-order valence-electron chi connectivity index (χ3n) is 5.10. The van der Waals surface area contributed by atoms with E-state index in [4.69, 9.17) is 5.73 Å². The second-order valence-corrected chi connectivity index (χ2v) is 6.92. The minimum absolute atomic E-state index is 0. The average Bonchev–Trinajstić information content (AvgIpc) is 3.28. The second-order valence-electron chi connectivity index (χ2n) is 6.92. The molecule has 4 heterocycles. The Labute approximate surface area is 182 Å². The van der Waals surface area contributed by atoms with Crippen LogP contribution in [0.15, 0.2) is 41.8 Å². The SMILES string of the molecule is I.NC(=NCc1ccc(N2CCCC2)nc1)N1CCN(c2ncccn2)CC1. The molecule has 2 aliphatic rings. The summed E-state index contributed by atoms with van der Waals surface area (Å²) in [5.41, 5.74) is 7.29. The topological polar surface area (TPSA) is 86.8 Å². The molecule has 0 atom stereocenters. The maximum atomic E-state index is 6.21. The molecule has 0 radical (unpaired) electrons. The van der Waals surface area contributed by atoms with Crippen molar-refractivity contribution in [1.82, 2.24) is 19.9 Å². The maximum absolute atomic E-state index is 6.21. The van der Waals surface area contributed by atoms with Crippen LogP contribution < -0.4 is 15.5 Å². The fourth-order valence-corrected chi connectivity index (χ4v) is 3.51. The number of rotatable bonds is 4. The van der Waals surface area contributed by atoms with Crippen molar-refractivity contribution in [2.45, 2.75) is 19.4 Å². The largest absolute Gasteiger partial charge is 0.370 e. The number of nitrogens with zero attached hydrogens (tertiary/aromatic N) is 7. The van der Waals surface area contributed by atoms with E-state index in [1.54, 1.807) is 12.4 Å². The summed E-state index contributed by atoms with van der Waals surface area (Å²) < 4.78 is 0. The highest BCUT2D eigenvalue weighted by atomic mass is 127. The predicted molar refractivity (Wildman–Crippen MR) is 122 cm³/mol. The number of hydrogen-bond donors (Lipinski definition) is 1. The quantitative estimate of drug-likeness (QED) is 0.394. The fourth-order valence-electron chi connectivity index (χ4n) is 3.51. The Bertz CT molecular complexity index is 753. The monoisotopic (exact) mass is 494 g/mol. The molecule has 2 saturated heterocycles. The maximum Gasteiger partial charge on any atom is 0.225 e. The molecule has 2 fully saturated rings. The third-order valence-corrected chi connectivity index (χ3v) is 5.10. The minimum Gasteiger partial charge on any atom is -0.370 e.